The van der Waals surface area contributed by atoms with E-state index in [9.17, 15) is 0 Å². The van der Waals surface area contributed by atoms with E-state index in [-0.39, 0.29) is 0 Å². The molecule has 0 saturated heterocycles. The van der Waals surface area contributed by atoms with Crippen LogP contribution in [0.4, 0.5) is 0 Å². The zero-order valence-electron chi connectivity index (χ0n) is 6.88. The van der Waals surface area contributed by atoms with Crippen molar-refractivity contribution >= 4 is 0 Å². The van der Waals surface area contributed by atoms with Gasteiger partial charge in [0.15, 0.2) is 0 Å². The number of H-pyrrole nitrogens is 1. The van der Waals surface area contributed by atoms with Gasteiger partial charge < -0.3 is 4.98 Å². The van der Waals surface area contributed by atoms with Gasteiger partial charge in [0.1, 0.15) is 18.1 Å². The highest BCUT2D eigenvalue weighted by atomic mass is 14.8. The zero-order chi connectivity index (χ0) is 9.36. The molecule has 0 radical (unpaired) electrons. The quantitative estimate of drug-likeness (QED) is 0.652. The van der Waals surface area contributed by atoms with Crippen LogP contribution in [0.1, 0.15) is 5.69 Å². The fourth-order valence-electron chi connectivity index (χ4n) is 0.653. The fraction of sp³-hybridized carbons (Fsp3) is 0. The second-order valence-corrected chi connectivity index (χ2v) is 2.10. The number of nitriles is 1. The van der Waals surface area contributed by atoms with Crippen molar-refractivity contribution in [1.29, 1.82) is 5.26 Å². The molecule has 0 aliphatic carbocycles. The Morgan fingerprint density at radius 2 is 2.00 bits per heavy atom. The smallest absolute Gasteiger partial charge is 0.117 e. The lowest BCUT2D eigenvalue weighted by atomic mass is 10.5. The molecule has 0 saturated carbocycles. The van der Waals surface area contributed by atoms with Crippen molar-refractivity contribution in [1.82, 2.24) is 15.0 Å². The number of aromatic nitrogens is 3. The van der Waals surface area contributed by atoms with Crippen molar-refractivity contribution in [2.24, 2.45) is 0 Å². The predicted octanol–water partition coefficient (Wildman–Crippen LogP) is 1.36. The number of rotatable bonds is 0. The molecule has 1 N–H and O–H groups in total. The largest absolute Gasteiger partial charge is 0.353 e. The molecule has 13 heavy (non-hydrogen) atoms. The van der Waals surface area contributed by atoms with Crippen molar-refractivity contribution < 1.29 is 0 Å². The third kappa shape index (κ3) is 3.68. The minimum Gasteiger partial charge on any atom is -0.353 e. The molecular weight excluding hydrogens is 164 g/mol. The van der Waals surface area contributed by atoms with Gasteiger partial charge in [-0.3, -0.25) is 0 Å². The summed E-state index contributed by atoms with van der Waals surface area (Å²) in [6, 6.07) is 7.24. The van der Waals surface area contributed by atoms with E-state index < -0.39 is 0 Å². The average molecular weight is 172 g/mol. The molecule has 2 aromatic rings. The highest BCUT2D eigenvalue weighted by Gasteiger charge is 1.80. The average Bonchev–Trinajstić information content (AvgIpc) is 2.74. The van der Waals surface area contributed by atoms with Gasteiger partial charge >= 0.3 is 0 Å². The van der Waals surface area contributed by atoms with Gasteiger partial charge in [-0.25, -0.2) is 9.97 Å². The van der Waals surface area contributed by atoms with E-state index in [1.54, 1.807) is 36.8 Å². The molecule has 2 heterocycles. The second-order valence-electron chi connectivity index (χ2n) is 2.10. The van der Waals surface area contributed by atoms with Gasteiger partial charge in [-0.15, -0.1) is 0 Å². The lowest BCUT2D eigenvalue weighted by Gasteiger charge is -1.70. The number of hydrogen-bond acceptors (Lipinski definition) is 3. The summed E-state index contributed by atoms with van der Waals surface area (Å²) in [4.78, 5) is 10.1. The molecular formula is C9H8N4. The molecule has 0 aliphatic heterocycles. The van der Waals surface area contributed by atoms with Gasteiger partial charge in [-0.05, 0) is 18.2 Å². The Morgan fingerprint density at radius 3 is 2.23 bits per heavy atom. The van der Waals surface area contributed by atoms with Crippen LogP contribution in [-0.4, -0.2) is 15.0 Å². The Kier molecular flexibility index (Phi) is 3.78. The van der Waals surface area contributed by atoms with E-state index in [0.717, 1.165) is 0 Å². The number of nitrogens with zero attached hydrogens (tertiary/aromatic N) is 3. The van der Waals surface area contributed by atoms with Crippen LogP contribution in [0.25, 0.3) is 0 Å². The molecule has 2 aromatic heterocycles. The van der Waals surface area contributed by atoms with Gasteiger partial charge in [-0.2, -0.15) is 5.26 Å². The van der Waals surface area contributed by atoms with Gasteiger partial charge in [0.2, 0.25) is 0 Å². The number of nitrogens with one attached hydrogen (secondary N) is 1. The Balaban J connectivity index is 0.000000132. The minimum absolute atomic E-state index is 0.611. The molecule has 64 valence electrons. The van der Waals surface area contributed by atoms with Crippen molar-refractivity contribution in [3.05, 3.63) is 48.8 Å². The summed E-state index contributed by atoms with van der Waals surface area (Å²) < 4.78 is 0. The van der Waals surface area contributed by atoms with Crippen LogP contribution in [0.5, 0.6) is 0 Å². The van der Waals surface area contributed by atoms with E-state index in [1.807, 2.05) is 6.07 Å². The van der Waals surface area contributed by atoms with Crippen LogP contribution in [-0.2, 0) is 0 Å². The Morgan fingerprint density at radius 1 is 1.23 bits per heavy atom. The molecule has 0 spiro atoms. The van der Waals surface area contributed by atoms with Crippen LogP contribution in [0, 0.1) is 11.3 Å². The standard InChI is InChI=1S/C5H4N2.C4H4N2/c6-4-5-2-1-3-7-5;1-2-5-4-6-3-1/h1-3,7H;1-4H. The van der Waals surface area contributed by atoms with Crippen LogP contribution in [0.2, 0.25) is 0 Å². The first-order valence-corrected chi connectivity index (χ1v) is 3.67. The minimum atomic E-state index is 0.611. The predicted molar refractivity (Wildman–Crippen MR) is 47.5 cm³/mol. The van der Waals surface area contributed by atoms with Crippen molar-refractivity contribution in [2.45, 2.75) is 0 Å². The summed E-state index contributed by atoms with van der Waals surface area (Å²) >= 11 is 0. The van der Waals surface area contributed by atoms with E-state index >= 15 is 0 Å². The van der Waals surface area contributed by atoms with Crippen LogP contribution >= 0.6 is 0 Å². The van der Waals surface area contributed by atoms with Crippen LogP contribution < -0.4 is 0 Å². The summed E-state index contributed by atoms with van der Waals surface area (Å²) in [6.07, 6.45) is 6.60. The SMILES string of the molecule is N#Cc1ccc[nH]1.c1cncnc1. The van der Waals surface area contributed by atoms with E-state index in [0.29, 0.717) is 5.69 Å². The third-order valence-electron chi connectivity index (χ3n) is 1.20. The highest BCUT2D eigenvalue weighted by Crippen LogP contribution is 1.87. The topological polar surface area (TPSA) is 65.4 Å². The van der Waals surface area contributed by atoms with E-state index in [4.69, 9.17) is 5.26 Å². The van der Waals surface area contributed by atoms with Gasteiger partial charge in [0.25, 0.3) is 0 Å². The first kappa shape index (κ1) is 8.94. The molecule has 0 unspecified atom stereocenters. The summed E-state index contributed by atoms with van der Waals surface area (Å²) in [5.41, 5.74) is 0.611. The first-order chi connectivity index (χ1) is 6.43. The molecule has 0 fully saturated rings. The molecule has 0 aliphatic rings. The lowest BCUT2D eigenvalue weighted by molar-refractivity contribution is 1.17. The van der Waals surface area contributed by atoms with Gasteiger partial charge in [0, 0.05) is 18.6 Å². The molecule has 0 bridgehead atoms. The Bertz CT molecular complexity index is 320. The molecule has 4 nitrogen and oxygen atoms in total. The van der Waals surface area contributed by atoms with Gasteiger partial charge in [0.05, 0.1) is 0 Å². The van der Waals surface area contributed by atoms with Crippen molar-refractivity contribution in [3.8, 4) is 6.07 Å². The number of aromatic amines is 1. The van der Waals surface area contributed by atoms with Crippen LogP contribution in [0.3, 0.4) is 0 Å². The van der Waals surface area contributed by atoms with Crippen LogP contribution in [0.15, 0.2) is 43.1 Å². The van der Waals surface area contributed by atoms with E-state index in [2.05, 4.69) is 15.0 Å². The monoisotopic (exact) mass is 172 g/mol. The second kappa shape index (κ2) is 5.49. The Labute approximate surface area is 75.9 Å². The first-order valence-electron chi connectivity index (χ1n) is 3.67. The molecule has 0 aromatic carbocycles. The summed E-state index contributed by atoms with van der Waals surface area (Å²) in [7, 11) is 0. The zero-order valence-corrected chi connectivity index (χ0v) is 6.88. The third-order valence-corrected chi connectivity index (χ3v) is 1.20. The molecule has 2 rings (SSSR count). The van der Waals surface area contributed by atoms with E-state index in [1.165, 1.54) is 6.33 Å². The summed E-state index contributed by atoms with van der Waals surface area (Å²) in [5.74, 6) is 0. The molecule has 0 atom stereocenters. The summed E-state index contributed by atoms with van der Waals surface area (Å²) in [5, 5.41) is 8.15. The van der Waals surface area contributed by atoms with Crippen molar-refractivity contribution in [2.75, 3.05) is 0 Å². The maximum absolute atomic E-state index is 8.15. The van der Waals surface area contributed by atoms with Crippen molar-refractivity contribution in [3.63, 3.8) is 0 Å². The lowest BCUT2D eigenvalue weighted by Crippen LogP contribution is -1.66. The normalized spacial score (nSPS) is 7.92. The highest BCUT2D eigenvalue weighted by molar-refractivity contribution is 5.18. The Hall–Kier alpha value is -2.15. The molecule has 0 amide bonds. The molecule has 4 heteroatoms. The summed E-state index contributed by atoms with van der Waals surface area (Å²) in [6.45, 7) is 0. The maximum Gasteiger partial charge on any atom is 0.117 e. The maximum atomic E-state index is 8.15. The van der Waals surface area contributed by atoms with Gasteiger partial charge in [-0.1, -0.05) is 0 Å². The fourth-order valence-corrected chi connectivity index (χ4v) is 0.653. The number of hydrogen-bond donors (Lipinski definition) is 1.